The van der Waals surface area contributed by atoms with E-state index in [0.29, 0.717) is 34.6 Å². The van der Waals surface area contributed by atoms with Crippen molar-refractivity contribution in [2.75, 3.05) is 44.2 Å². The maximum atomic E-state index is 13.0. The molecule has 0 spiro atoms. The molecule has 5 heterocycles. The van der Waals surface area contributed by atoms with Gasteiger partial charge in [0.15, 0.2) is 5.58 Å². The monoisotopic (exact) mass is 441 g/mol. The molecule has 2 atom stereocenters. The first-order valence-corrected chi connectivity index (χ1v) is 10.1. The summed E-state index contributed by atoms with van der Waals surface area (Å²) in [6, 6.07) is 6.80. The van der Waals surface area contributed by atoms with Gasteiger partial charge in [0.25, 0.3) is 11.9 Å². The minimum atomic E-state index is -0.0347. The Morgan fingerprint density at radius 3 is 2.72 bits per heavy atom. The molecule has 6 rings (SSSR count). The van der Waals surface area contributed by atoms with Gasteiger partial charge in [-0.3, -0.25) is 4.79 Å². The van der Waals surface area contributed by atoms with Gasteiger partial charge < -0.3 is 24.9 Å². The van der Waals surface area contributed by atoms with Crippen LogP contribution in [0.3, 0.4) is 0 Å². The number of oxazole rings is 1. The van der Waals surface area contributed by atoms with E-state index in [-0.39, 0.29) is 36.8 Å². The molecule has 2 unspecified atom stereocenters. The molecular weight excluding hydrogens is 413 g/mol. The van der Waals surface area contributed by atoms with E-state index in [2.05, 4.69) is 27.4 Å². The van der Waals surface area contributed by atoms with Crippen LogP contribution in [0.2, 0.25) is 0 Å². The lowest BCUT2D eigenvalue weighted by Crippen LogP contribution is -2.57. The second-order valence-corrected chi connectivity index (χ2v) is 8.11. The van der Waals surface area contributed by atoms with E-state index in [0.717, 1.165) is 26.2 Å². The molecule has 2 bridgehead atoms. The smallest absolute Gasteiger partial charge is 0.298 e. The number of piperidine rings is 3. The van der Waals surface area contributed by atoms with Crippen molar-refractivity contribution in [1.82, 2.24) is 20.5 Å². The molecule has 7 nitrogen and oxygen atoms in total. The van der Waals surface area contributed by atoms with Crippen LogP contribution in [-0.2, 0) is 0 Å². The molecule has 0 saturated carbocycles. The number of aromatic nitrogens is 1. The molecule has 160 valence electrons. The van der Waals surface area contributed by atoms with E-state index in [9.17, 15) is 4.79 Å². The van der Waals surface area contributed by atoms with Crippen molar-refractivity contribution in [2.24, 2.45) is 5.92 Å². The number of hydrogen-bond acceptors (Lipinski definition) is 6. The summed E-state index contributed by atoms with van der Waals surface area (Å²) in [4.78, 5) is 22.3. The van der Waals surface area contributed by atoms with Crippen LogP contribution >= 0.6 is 24.8 Å². The van der Waals surface area contributed by atoms with Crippen molar-refractivity contribution >= 4 is 47.8 Å². The fraction of sp³-hybridized carbons (Fsp3) is 0.600. The number of nitrogens with one attached hydrogen (secondary N) is 2. The molecule has 0 aliphatic carbocycles. The number of anilines is 1. The fourth-order valence-corrected chi connectivity index (χ4v) is 4.74. The third kappa shape index (κ3) is 4.19. The Kier molecular flexibility index (Phi) is 6.94. The molecule has 4 aliphatic rings. The summed E-state index contributed by atoms with van der Waals surface area (Å²) < 4.78 is 6.01. The quantitative estimate of drug-likeness (QED) is 0.760. The first-order valence-electron chi connectivity index (χ1n) is 10.1. The van der Waals surface area contributed by atoms with Crippen LogP contribution in [0.1, 0.15) is 30.1 Å². The third-order valence-corrected chi connectivity index (χ3v) is 6.37. The number of piperazine rings is 1. The predicted octanol–water partition coefficient (Wildman–Crippen LogP) is 2.29. The molecule has 29 heavy (non-hydrogen) atoms. The number of para-hydroxylation sites is 1. The number of benzene rings is 1. The Bertz CT molecular complexity index is 853. The number of fused-ring (bicyclic) bond motifs is 4. The molecule has 2 N–H and O–H groups in total. The minimum absolute atomic E-state index is 0. The van der Waals surface area contributed by atoms with E-state index in [4.69, 9.17) is 9.40 Å². The molecule has 2 aromatic rings. The van der Waals surface area contributed by atoms with Crippen LogP contribution in [0, 0.1) is 5.92 Å². The van der Waals surface area contributed by atoms with Gasteiger partial charge in [-0.05, 0) is 50.9 Å². The normalized spacial score (nSPS) is 28.5. The number of carbonyl (C=O) groups is 1. The Labute approximate surface area is 183 Å². The van der Waals surface area contributed by atoms with Gasteiger partial charge in [0.05, 0.1) is 5.56 Å². The molecule has 4 saturated heterocycles. The Balaban J connectivity index is 0.00000120. The highest BCUT2D eigenvalue weighted by Crippen LogP contribution is 2.29. The van der Waals surface area contributed by atoms with Crippen molar-refractivity contribution in [3.05, 3.63) is 23.8 Å². The molecule has 1 aromatic heterocycles. The molecular formula is C20H29Cl2N5O2. The van der Waals surface area contributed by atoms with Gasteiger partial charge in [0, 0.05) is 38.3 Å². The van der Waals surface area contributed by atoms with Gasteiger partial charge in [0.1, 0.15) is 5.52 Å². The summed E-state index contributed by atoms with van der Waals surface area (Å²) in [5, 5.41) is 6.65. The van der Waals surface area contributed by atoms with Crippen LogP contribution in [0.15, 0.2) is 22.6 Å². The van der Waals surface area contributed by atoms with Gasteiger partial charge in [-0.25, -0.2) is 0 Å². The average molecular weight is 442 g/mol. The zero-order valence-electron chi connectivity index (χ0n) is 16.6. The highest BCUT2D eigenvalue weighted by Gasteiger charge is 2.35. The van der Waals surface area contributed by atoms with Crippen LogP contribution in [0.25, 0.3) is 11.1 Å². The first-order chi connectivity index (χ1) is 13.2. The Hall–Kier alpha value is -1.54. The number of amides is 1. The number of carbonyl (C=O) groups excluding carboxylic acids is 1. The standard InChI is InChI=1S/C20H27N5O2.2ClH/c1-13-11-21-7-10-25(13)20-23-18-15(3-2-4-17(18)27-20)19(26)22-16-12-24-8-5-14(16)6-9-24;;/h2-4,13-14,16,21H,5-12H2,1H3,(H,22,26);2*1H. The Morgan fingerprint density at radius 2 is 2.03 bits per heavy atom. The van der Waals surface area contributed by atoms with E-state index in [1.165, 1.54) is 25.9 Å². The van der Waals surface area contributed by atoms with Crippen molar-refractivity contribution in [3.63, 3.8) is 0 Å². The minimum Gasteiger partial charge on any atom is -0.423 e. The highest BCUT2D eigenvalue weighted by molar-refractivity contribution is 6.04. The van der Waals surface area contributed by atoms with E-state index in [1.807, 2.05) is 18.2 Å². The molecule has 0 radical (unpaired) electrons. The van der Waals surface area contributed by atoms with Crippen molar-refractivity contribution in [1.29, 1.82) is 0 Å². The Morgan fingerprint density at radius 1 is 1.24 bits per heavy atom. The molecule has 4 aliphatic heterocycles. The topological polar surface area (TPSA) is 73.6 Å². The predicted molar refractivity (Wildman–Crippen MR) is 119 cm³/mol. The van der Waals surface area contributed by atoms with Crippen LogP contribution in [0.4, 0.5) is 6.01 Å². The van der Waals surface area contributed by atoms with Crippen LogP contribution in [0.5, 0.6) is 0 Å². The highest BCUT2D eigenvalue weighted by atomic mass is 35.5. The maximum absolute atomic E-state index is 13.0. The average Bonchev–Trinajstić information content (AvgIpc) is 3.13. The van der Waals surface area contributed by atoms with E-state index < -0.39 is 0 Å². The summed E-state index contributed by atoms with van der Waals surface area (Å²) in [6.07, 6.45) is 2.37. The largest absolute Gasteiger partial charge is 0.423 e. The zero-order valence-corrected chi connectivity index (χ0v) is 18.2. The van der Waals surface area contributed by atoms with Gasteiger partial charge in [-0.1, -0.05) is 6.07 Å². The number of nitrogens with zero attached hydrogens (tertiary/aromatic N) is 3. The lowest BCUT2D eigenvalue weighted by molar-refractivity contribution is 0.0621. The van der Waals surface area contributed by atoms with Gasteiger partial charge in [-0.2, -0.15) is 4.98 Å². The SMILES string of the molecule is CC1CNCCN1c1nc2c(C(=O)NC3CN4CCC3CC4)cccc2o1.Cl.Cl. The van der Waals surface area contributed by atoms with Crippen LogP contribution in [-0.4, -0.2) is 67.1 Å². The summed E-state index contributed by atoms with van der Waals surface area (Å²) in [7, 11) is 0. The van der Waals surface area contributed by atoms with Crippen molar-refractivity contribution in [3.8, 4) is 0 Å². The van der Waals surface area contributed by atoms with E-state index in [1.54, 1.807) is 0 Å². The van der Waals surface area contributed by atoms with Crippen molar-refractivity contribution in [2.45, 2.75) is 31.8 Å². The second-order valence-electron chi connectivity index (χ2n) is 8.11. The summed E-state index contributed by atoms with van der Waals surface area (Å²) in [6.45, 7) is 8.14. The second kappa shape index (κ2) is 9.08. The van der Waals surface area contributed by atoms with Gasteiger partial charge >= 0.3 is 0 Å². The zero-order chi connectivity index (χ0) is 18.4. The van der Waals surface area contributed by atoms with Gasteiger partial charge in [-0.15, -0.1) is 24.8 Å². The number of halogens is 2. The lowest BCUT2D eigenvalue weighted by Gasteiger charge is -2.44. The number of rotatable bonds is 3. The fourth-order valence-electron chi connectivity index (χ4n) is 4.74. The summed E-state index contributed by atoms with van der Waals surface area (Å²) in [5.41, 5.74) is 1.95. The molecule has 4 fully saturated rings. The summed E-state index contributed by atoms with van der Waals surface area (Å²) in [5.74, 6) is 0.570. The number of hydrogen-bond donors (Lipinski definition) is 2. The molecule has 9 heteroatoms. The van der Waals surface area contributed by atoms with Crippen LogP contribution < -0.4 is 15.5 Å². The lowest BCUT2D eigenvalue weighted by atomic mass is 9.84. The molecule has 1 aromatic carbocycles. The van der Waals surface area contributed by atoms with Gasteiger partial charge in [0.2, 0.25) is 0 Å². The van der Waals surface area contributed by atoms with Crippen molar-refractivity contribution < 1.29 is 9.21 Å². The summed E-state index contributed by atoms with van der Waals surface area (Å²) >= 11 is 0. The molecule has 1 amide bonds. The maximum Gasteiger partial charge on any atom is 0.298 e. The third-order valence-electron chi connectivity index (χ3n) is 6.37. The van der Waals surface area contributed by atoms with E-state index >= 15 is 0 Å². The first kappa shape index (κ1) is 22.2.